The third kappa shape index (κ3) is 5.20. The average molecular weight is 436 g/mol. The van der Waals surface area contributed by atoms with Gasteiger partial charge >= 0.3 is 0 Å². The number of H-pyrrole nitrogens is 1. The Morgan fingerprint density at radius 3 is 2.66 bits per heavy atom. The second-order valence-electron chi connectivity index (χ2n) is 8.02. The van der Waals surface area contributed by atoms with E-state index >= 15 is 0 Å². The lowest BCUT2D eigenvalue weighted by molar-refractivity contribution is 0.0941. The van der Waals surface area contributed by atoms with Crippen LogP contribution in [-0.2, 0) is 13.1 Å². The Morgan fingerprint density at radius 2 is 1.91 bits per heavy atom. The summed E-state index contributed by atoms with van der Waals surface area (Å²) < 4.78 is 13.0. The van der Waals surface area contributed by atoms with E-state index in [1.165, 1.54) is 17.7 Å². The van der Waals surface area contributed by atoms with E-state index in [-0.39, 0.29) is 24.0 Å². The first kappa shape index (κ1) is 21.7. The number of nitrogens with zero attached hydrogens (tertiary/aromatic N) is 2. The highest BCUT2D eigenvalue weighted by molar-refractivity contribution is 5.94. The van der Waals surface area contributed by atoms with Crippen LogP contribution in [0.4, 0.5) is 4.39 Å². The molecule has 0 saturated carbocycles. The van der Waals surface area contributed by atoms with Gasteiger partial charge in [0, 0.05) is 25.6 Å². The number of benzene rings is 2. The summed E-state index contributed by atoms with van der Waals surface area (Å²) in [5, 5.41) is 12.8. The van der Waals surface area contributed by atoms with Gasteiger partial charge in [0.15, 0.2) is 5.69 Å². The second-order valence-corrected chi connectivity index (χ2v) is 8.02. The van der Waals surface area contributed by atoms with Crippen LogP contribution in [0, 0.1) is 5.82 Å². The van der Waals surface area contributed by atoms with Crippen molar-refractivity contribution in [2.45, 2.75) is 31.8 Å². The number of aromatic nitrogens is 2. The molecule has 32 heavy (non-hydrogen) atoms. The molecular formula is C24H25FN4O3. The van der Waals surface area contributed by atoms with E-state index in [9.17, 15) is 19.1 Å². The maximum atomic E-state index is 13.0. The minimum Gasteiger partial charge on any atom is -0.501 e. The van der Waals surface area contributed by atoms with Crippen LogP contribution in [0.15, 0.2) is 59.4 Å². The number of carbonyl (C=O) groups is 1. The summed E-state index contributed by atoms with van der Waals surface area (Å²) in [5.74, 6) is -1.38. The second kappa shape index (κ2) is 9.74. The van der Waals surface area contributed by atoms with Gasteiger partial charge in [-0.25, -0.2) is 9.37 Å². The molecule has 3 N–H and O–H groups in total. The molecule has 1 saturated heterocycles. The highest BCUT2D eigenvalue weighted by atomic mass is 19.1. The highest BCUT2D eigenvalue weighted by Crippen LogP contribution is 2.26. The van der Waals surface area contributed by atoms with Gasteiger partial charge in [0.2, 0.25) is 5.75 Å². The molecule has 0 spiro atoms. The van der Waals surface area contributed by atoms with Gasteiger partial charge in [-0.3, -0.25) is 14.5 Å². The van der Waals surface area contributed by atoms with Crippen molar-refractivity contribution >= 4 is 5.91 Å². The Bertz CT molecular complexity index is 1130. The number of likely N-dealkylation sites (tertiary alicyclic amines) is 1. The van der Waals surface area contributed by atoms with E-state index in [1.54, 1.807) is 12.1 Å². The molecule has 1 unspecified atom stereocenters. The fraction of sp³-hybridized carbons (Fsp3) is 0.292. The fourth-order valence-electron chi connectivity index (χ4n) is 3.97. The smallest absolute Gasteiger partial charge is 0.293 e. The molecule has 1 atom stereocenters. The lowest BCUT2D eigenvalue weighted by Crippen LogP contribution is -2.36. The van der Waals surface area contributed by atoms with Gasteiger partial charge in [-0.1, -0.05) is 42.5 Å². The molecule has 2 aromatic carbocycles. The quantitative estimate of drug-likeness (QED) is 0.552. The number of nitrogens with one attached hydrogen (secondary N) is 2. The minimum absolute atomic E-state index is 0.0515. The zero-order chi connectivity index (χ0) is 22.5. The zero-order valence-corrected chi connectivity index (χ0v) is 17.6. The molecule has 2 heterocycles. The summed E-state index contributed by atoms with van der Waals surface area (Å²) in [7, 11) is 0. The Kier molecular flexibility index (Phi) is 6.61. The summed E-state index contributed by atoms with van der Waals surface area (Å²) in [5.41, 5.74) is 0.863. The van der Waals surface area contributed by atoms with Crippen LogP contribution in [0.2, 0.25) is 0 Å². The molecular weight excluding hydrogens is 411 g/mol. The molecule has 0 aliphatic carbocycles. The first-order chi connectivity index (χ1) is 15.5. The standard InChI is InChI=1S/C24H25FN4O3/c25-19-10-8-16(9-11-19)13-26-23(31)20-21(30)24(32)28-22(27-20)18-7-4-12-29(15-18)14-17-5-2-1-3-6-17/h1-3,5-6,8-11,18,30H,4,7,12-15H2,(H,26,31)(H,27,28,32). The van der Waals surface area contributed by atoms with E-state index in [2.05, 4.69) is 32.3 Å². The molecule has 3 aromatic rings. The third-order valence-electron chi connectivity index (χ3n) is 5.64. The number of carbonyl (C=O) groups excluding carboxylic acids is 1. The van der Waals surface area contributed by atoms with Crippen molar-refractivity contribution in [3.63, 3.8) is 0 Å². The maximum absolute atomic E-state index is 13.0. The topological polar surface area (TPSA) is 98.3 Å². The molecule has 1 aliphatic heterocycles. The molecule has 0 radical (unpaired) electrons. The molecule has 166 valence electrons. The van der Waals surface area contributed by atoms with Crippen molar-refractivity contribution in [2.75, 3.05) is 13.1 Å². The summed E-state index contributed by atoms with van der Waals surface area (Å²) >= 11 is 0. The lowest BCUT2D eigenvalue weighted by Gasteiger charge is -2.32. The lowest BCUT2D eigenvalue weighted by atomic mass is 9.96. The maximum Gasteiger partial charge on any atom is 0.293 e. The first-order valence-electron chi connectivity index (χ1n) is 10.6. The van der Waals surface area contributed by atoms with Crippen LogP contribution < -0.4 is 10.9 Å². The molecule has 1 aromatic heterocycles. The fourth-order valence-corrected chi connectivity index (χ4v) is 3.97. The summed E-state index contributed by atoms with van der Waals surface area (Å²) in [4.78, 5) is 34.2. The monoisotopic (exact) mass is 436 g/mol. The number of piperidine rings is 1. The first-order valence-corrected chi connectivity index (χ1v) is 10.6. The molecule has 7 nitrogen and oxygen atoms in total. The Balaban J connectivity index is 1.48. The third-order valence-corrected chi connectivity index (χ3v) is 5.64. The van der Waals surface area contributed by atoms with Gasteiger partial charge in [0.05, 0.1) is 0 Å². The number of hydrogen-bond acceptors (Lipinski definition) is 5. The van der Waals surface area contributed by atoms with Gasteiger partial charge < -0.3 is 15.4 Å². The van der Waals surface area contributed by atoms with E-state index < -0.39 is 17.2 Å². The van der Waals surface area contributed by atoms with Gasteiger partial charge in [-0.15, -0.1) is 0 Å². The molecule has 4 rings (SSSR count). The van der Waals surface area contributed by atoms with Crippen LogP contribution in [0.25, 0.3) is 0 Å². The Labute approximate surface area is 184 Å². The summed E-state index contributed by atoms with van der Waals surface area (Å²) in [6.45, 7) is 2.55. The SMILES string of the molecule is O=C(NCc1ccc(F)cc1)c1nc(C2CCCN(Cc3ccccc3)C2)[nH]c(=O)c1O. The van der Waals surface area contributed by atoms with Crippen LogP contribution in [-0.4, -0.2) is 39.0 Å². The number of aromatic hydroxyl groups is 1. The van der Waals surface area contributed by atoms with Gasteiger partial charge in [0.1, 0.15) is 11.6 Å². The Morgan fingerprint density at radius 1 is 1.16 bits per heavy atom. The number of hydrogen-bond donors (Lipinski definition) is 3. The number of halogens is 1. The van der Waals surface area contributed by atoms with Gasteiger partial charge in [-0.2, -0.15) is 0 Å². The minimum atomic E-state index is -0.734. The van der Waals surface area contributed by atoms with Crippen LogP contribution in [0.3, 0.4) is 0 Å². The van der Waals surface area contributed by atoms with Crippen molar-refractivity contribution in [2.24, 2.45) is 0 Å². The van der Waals surface area contributed by atoms with Crippen molar-refractivity contribution in [3.05, 3.63) is 93.4 Å². The summed E-state index contributed by atoms with van der Waals surface area (Å²) in [6, 6.07) is 15.8. The van der Waals surface area contributed by atoms with Crippen LogP contribution in [0.1, 0.15) is 46.2 Å². The normalized spacial score (nSPS) is 16.6. The molecule has 1 aliphatic rings. The predicted octanol–water partition coefficient (Wildman–Crippen LogP) is 2.92. The molecule has 1 amide bonds. The van der Waals surface area contributed by atoms with Crippen molar-refractivity contribution < 1.29 is 14.3 Å². The predicted molar refractivity (Wildman–Crippen MR) is 118 cm³/mol. The van der Waals surface area contributed by atoms with Crippen LogP contribution >= 0.6 is 0 Å². The zero-order valence-electron chi connectivity index (χ0n) is 17.6. The highest BCUT2D eigenvalue weighted by Gasteiger charge is 2.26. The molecule has 1 fully saturated rings. The number of amides is 1. The van der Waals surface area contributed by atoms with Crippen molar-refractivity contribution in [3.8, 4) is 5.75 Å². The summed E-state index contributed by atoms with van der Waals surface area (Å²) in [6.07, 6.45) is 1.77. The van der Waals surface area contributed by atoms with Gasteiger partial charge in [0.25, 0.3) is 11.5 Å². The van der Waals surface area contributed by atoms with E-state index in [0.29, 0.717) is 17.9 Å². The number of aromatic amines is 1. The largest absolute Gasteiger partial charge is 0.501 e. The van der Waals surface area contributed by atoms with E-state index in [4.69, 9.17) is 0 Å². The number of rotatable bonds is 6. The Hall–Kier alpha value is -3.52. The van der Waals surface area contributed by atoms with Gasteiger partial charge in [-0.05, 0) is 42.6 Å². The molecule has 0 bridgehead atoms. The van der Waals surface area contributed by atoms with Crippen molar-refractivity contribution in [1.82, 2.24) is 20.2 Å². The van der Waals surface area contributed by atoms with E-state index in [0.717, 1.165) is 25.9 Å². The molecule has 8 heteroatoms. The average Bonchev–Trinajstić information content (AvgIpc) is 2.81. The van der Waals surface area contributed by atoms with Crippen molar-refractivity contribution in [1.29, 1.82) is 0 Å². The van der Waals surface area contributed by atoms with E-state index in [1.807, 2.05) is 18.2 Å². The van der Waals surface area contributed by atoms with Crippen LogP contribution in [0.5, 0.6) is 5.75 Å².